The molecule has 28 heavy (non-hydrogen) atoms. The van der Waals surface area contributed by atoms with Gasteiger partial charge in [0.1, 0.15) is 18.3 Å². The van der Waals surface area contributed by atoms with E-state index in [4.69, 9.17) is 16.3 Å². The lowest BCUT2D eigenvalue weighted by atomic mass is 9.81. The first-order valence-corrected chi connectivity index (χ1v) is 9.88. The number of hydrogen-bond donors (Lipinski definition) is 0. The van der Waals surface area contributed by atoms with Crippen molar-refractivity contribution >= 4 is 40.3 Å². The summed E-state index contributed by atoms with van der Waals surface area (Å²) in [6, 6.07) is 7.67. The van der Waals surface area contributed by atoms with Crippen molar-refractivity contribution in [1.29, 1.82) is 0 Å². The lowest BCUT2D eigenvalue weighted by Gasteiger charge is -2.19. The SMILES string of the molecule is Cc1ccc2cc(COC(=O)CN3C(=O)[C@H]4CCCC[C@@H]4C3=O)c(Cl)nc2c1. The lowest BCUT2D eigenvalue weighted by molar-refractivity contribution is -0.153. The van der Waals surface area contributed by atoms with E-state index in [1.54, 1.807) is 0 Å². The highest BCUT2D eigenvalue weighted by Gasteiger charge is 2.48. The Labute approximate surface area is 167 Å². The number of hydrogen-bond acceptors (Lipinski definition) is 5. The summed E-state index contributed by atoms with van der Waals surface area (Å²) in [6.45, 7) is 1.57. The standard InChI is InChI=1S/C21H21ClN2O4/c1-12-6-7-13-9-14(19(22)23-17(13)8-12)11-28-18(25)10-24-20(26)15-4-2-3-5-16(15)21(24)27/h6-9,15-16H,2-5,10-11H2,1H3/t15-,16-/m0/s1. The highest BCUT2D eigenvalue weighted by atomic mass is 35.5. The second-order valence-electron chi connectivity index (χ2n) is 7.56. The Bertz CT molecular complexity index is 950. The molecular weight excluding hydrogens is 380 g/mol. The van der Waals surface area contributed by atoms with Crippen LogP contribution in [0.2, 0.25) is 5.15 Å². The molecule has 2 amide bonds. The summed E-state index contributed by atoms with van der Waals surface area (Å²) in [4.78, 5) is 42.6. The zero-order valence-electron chi connectivity index (χ0n) is 15.6. The van der Waals surface area contributed by atoms with Crippen LogP contribution in [0, 0.1) is 18.8 Å². The van der Waals surface area contributed by atoms with Crippen LogP contribution in [-0.2, 0) is 25.7 Å². The van der Waals surface area contributed by atoms with Crippen molar-refractivity contribution in [3.63, 3.8) is 0 Å². The van der Waals surface area contributed by atoms with Crippen molar-refractivity contribution in [2.75, 3.05) is 6.54 Å². The highest BCUT2D eigenvalue weighted by molar-refractivity contribution is 6.30. The molecule has 2 atom stereocenters. The molecule has 1 aliphatic carbocycles. The number of nitrogens with zero attached hydrogens (tertiary/aromatic N) is 2. The molecule has 4 rings (SSSR count). The summed E-state index contributed by atoms with van der Waals surface area (Å²) in [7, 11) is 0. The van der Waals surface area contributed by atoms with E-state index in [1.165, 1.54) is 0 Å². The molecule has 2 aromatic rings. The quantitative estimate of drug-likeness (QED) is 0.446. The van der Waals surface area contributed by atoms with Crippen molar-refractivity contribution in [1.82, 2.24) is 9.88 Å². The number of benzene rings is 1. The van der Waals surface area contributed by atoms with Gasteiger partial charge in [0, 0.05) is 10.9 Å². The first-order chi connectivity index (χ1) is 13.4. The van der Waals surface area contributed by atoms with Gasteiger partial charge in [-0.05, 0) is 37.5 Å². The fourth-order valence-electron chi connectivity index (χ4n) is 4.12. The highest BCUT2D eigenvalue weighted by Crippen LogP contribution is 2.37. The normalized spacial score (nSPS) is 21.9. The molecule has 7 heteroatoms. The first kappa shape index (κ1) is 18.9. The summed E-state index contributed by atoms with van der Waals surface area (Å²) >= 11 is 6.22. The predicted molar refractivity (Wildman–Crippen MR) is 103 cm³/mol. The maximum atomic E-state index is 12.5. The van der Waals surface area contributed by atoms with Crippen LogP contribution in [0.1, 0.15) is 36.8 Å². The van der Waals surface area contributed by atoms with Crippen LogP contribution in [-0.4, -0.2) is 34.2 Å². The van der Waals surface area contributed by atoms with E-state index < -0.39 is 5.97 Å². The summed E-state index contributed by atoms with van der Waals surface area (Å²) < 4.78 is 5.28. The number of likely N-dealkylation sites (tertiary alicyclic amines) is 1. The fourth-order valence-corrected chi connectivity index (χ4v) is 4.32. The summed E-state index contributed by atoms with van der Waals surface area (Å²) in [5.41, 5.74) is 2.44. The number of halogens is 1. The minimum absolute atomic E-state index is 0.0580. The van der Waals surface area contributed by atoms with Crippen molar-refractivity contribution < 1.29 is 19.1 Å². The predicted octanol–water partition coefficient (Wildman–Crippen LogP) is 3.42. The Morgan fingerprint density at radius 1 is 1.18 bits per heavy atom. The number of pyridine rings is 1. The van der Waals surface area contributed by atoms with Crippen LogP contribution in [0.3, 0.4) is 0 Å². The Morgan fingerprint density at radius 2 is 1.86 bits per heavy atom. The molecule has 2 fully saturated rings. The Kier molecular flexibility index (Phi) is 5.06. The van der Waals surface area contributed by atoms with Gasteiger partial charge in [0.2, 0.25) is 11.8 Å². The van der Waals surface area contributed by atoms with E-state index >= 15 is 0 Å². The van der Waals surface area contributed by atoms with Crippen LogP contribution < -0.4 is 0 Å². The summed E-state index contributed by atoms with van der Waals surface area (Å²) in [6.07, 6.45) is 3.34. The number of ether oxygens (including phenoxy) is 1. The van der Waals surface area contributed by atoms with Gasteiger partial charge in [-0.1, -0.05) is 36.6 Å². The molecule has 0 N–H and O–H groups in total. The topological polar surface area (TPSA) is 76.6 Å². The average Bonchev–Trinajstić information content (AvgIpc) is 2.91. The van der Waals surface area contributed by atoms with Crippen LogP contribution in [0.15, 0.2) is 24.3 Å². The molecule has 146 valence electrons. The molecular formula is C21H21ClN2O4. The minimum Gasteiger partial charge on any atom is -0.459 e. The molecule has 0 radical (unpaired) electrons. The van der Waals surface area contributed by atoms with Crippen molar-refractivity contribution in [2.45, 2.75) is 39.2 Å². The Balaban J connectivity index is 1.41. The van der Waals surface area contributed by atoms with Gasteiger partial charge in [-0.2, -0.15) is 0 Å². The summed E-state index contributed by atoms with van der Waals surface area (Å²) in [5.74, 6) is -1.64. The van der Waals surface area contributed by atoms with Gasteiger partial charge in [-0.15, -0.1) is 0 Å². The fraction of sp³-hybridized carbons (Fsp3) is 0.429. The Morgan fingerprint density at radius 3 is 2.54 bits per heavy atom. The number of aromatic nitrogens is 1. The molecule has 2 aliphatic rings. The van der Waals surface area contributed by atoms with Crippen LogP contribution in [0.4, 0.5) is 0 Å². The van der Waals surface area contributed by atoms with E-state index in [1.807, 2.05) is 31.2 Å². The Hall–Kier alpha value is -2.47. The molecule has 1 aromatic carbocycles. The zero-order valence-corrected chi connectivity index (χ0v) is 16.4. The average molecular weight is 401 g/mol. The number of rotatable bonds is 4. The molecule has 1 saturated heterocycles. The van der Waals surface area contributed by atoms with E-state index in [2.05, 4.69) is 4.98 Å². The zero-order chi connectivity index (χ0) is 19.8. The third-order valence-corrected chi connectivity index (χ3v) is 5.93. The monoisotopic (exact) mass is 400 g/mol. The maximum Gasteiger partial charge on any atom is 0.326 e. The molecule has 1 aromatic heterocycles. The van der Waals surface area contributed by atoms with Gasteiger partial charge in [-0.25, -0.2) is 4.98 Å². The number of carbonyl (C=O) groups is 3. The van der Waals surface area contributed by atoms with E-state index in [0.717, 1.165) is 47.0 Å². The van der Waals surface area contributed by atoms with E-state index in [0.29, 0.717) is 5.56 Å². The van der Waals surface area contributed by atoms with Crippen LogP contribution in [0.25, 0.3) is 10.9 Å². The molecule has 0 spiro atoms. The van der Waals surface area contributed by atoms with Crippen molar-refractivity contribution in [3.05, 3.63) is 40.5 Å². The minimum atomic E-state index is -0.625. The second kappa shape index (κ2) is 7.51. The third kappa shape index (κ3) is 3.49. The number of esters is 1. The van der Waals surface area contributed by atoms with Gasteiger partial charge in [0.15, 0.2) is 0 Å². The molecule has 1 aliphatic heterocycles. The van der Waals surface area contributed by atoms with Gasteiger partial charge in [0.05, 0.1) is 17.4 Å². The molecule has 2 heterocycles. The molecule has 1 saturated carbocycles. The van der Waals surface area contributed by atoms with Gasteiger partial charge >= 0.3 is 5.97 Å². The number of carbonyl (C=O) groups excluding carboxylic acids is 3. The maximum absolute atomic E-state index is 12.5. The van der Waals surface area contributed by atoms with Crippen LogP contribution >= 0.6 is 11.6 Å². The smallest absolute Gasteiger partial charge is 0.326 e. The van der Waals surface area contributed by atoms with E-state index in [-0.39, 0.29) is 42.0 Å². The largest absolute Gasteiger partial charge is 0.459 e. The molecule has 0 unspecified atom stereocenters. The first-order valence-electron chi connectivity index (χ1n) is 9.50. The second-order valence-corrected chi connectivity index (χ2v) is 7.91. The summed E-state index contributed by atoms with van der Waals surface area (Å²) in [5, 5.41) is 1.17. The van der Waals surface area contributed by atoms with Gasteiger partial charge in [-0.3, -0.25) is 19.3 Å². The van der Waals surface area contributed by atoms with Crippen molar-refractivity contribution in [3.8, 4) is 0 Å². The molecule has 0 bridgehead atoms. The van der Waals surface area contributed by atoms with E-state index in [9.17, 15) is 14.4 Å². The van der Waals surface area contributed by atoms with Gasteiger partial charge < -0.3 is 4.74 Å². The van der Waals surface area contributed by atoms with Gasteiger partial charge in [0.25, 0.3) is 0 Å². The number of fused-ring (bicyclic) bond motifs is 2. The number of amides is 2. The number of aryl methyl sites for hydroxylation is 1. The molecule has 6 nitrogen and oxygen atoms in total. The lowest BCUT2D eigenvalue weighted by Crippen LogP contribution is -2.36. The third-order valence-electron chi connectivity index (χ3n) is 5.61. The van der Waals surface area contributed by atoms with Crippen LogP contribution in [0.5, 0.6) is 0 Å². The number of imide groups is 1. The van der Waals surface area contributed by atoms with Crippen molar-refractivity contribution in [2.24, 2.45) is 11.8 Å².